The Bertz CT molecular complexity index is 1080. The molecule has 3 aliphatic rings. The summed E-state index contributed by atoms with van der Waals surface area (Å²) in [6.45, 7) is 13.6. The number of nitrogens with zero attached hydrogens (tertiary/aromatic N) is 1. The van der Waals surface area contributed by atoms with Gasteiger partial charge in [-0.2, -0.15) is 0 Å². The minimum absolute atomic E-state index is 0.311. The number of unbranched alkanes of at least 4 members (excludes halogenated alkanes) is 11. The van der Waals surface area contributed by atoms with Crippen molar-refractivity contribution in [1.29, 1.82) is 0 Å². The van der Waals surface area contributed by atoms with Gasteiger partial charge in [-0.3, -0.25) is 9.79 Å². The number of carbonyl (C=O) groups is 1. The summed E-state index contributed by atoms with van der Waals surface area (Å²) in [6, 6.07) is 9.57. The fraction of sp³-hybridized carbons (Fsp3) is 0.796. The van der Waals surface area contributed by atoms with Gasteiger partial charge in [0.1, 0.15) is 5.78 Å². The van der Waals surface area contributed by atoms with Crippen molar-refractivity contribution in [3.8, 4) is 0 Å². The first kappa shape index (κ1) is 43.7. The molecular formula is C49H83NO. The number of Topliss-reactive ketones (excluding diaryl/α,β-unsaturated/α-hetero) is 1. The average Bonchev–Trinajstić information content (AvgIpc) is 3.16. The molecule has 0 aromatic heterocycles. The number of carbonyl (C=O) groups excluding carboxylic acids is 1. The maximum atomic E-state index is 13.6. The molecule has 0 radical (unpaired) electrons. The molecule has 0 N–H and O–H groups in total. The van der Waals surface area contributed by atoms with Gasteiger partial charge in [0, 0.05) is 29.7 Å². The van der Waals surface area contributed by atoms with E-state index < -0.39 is 0 Å². The minimum atomic E-state index is 0.311. The second-order valence-corrected chi connectivity index (χ2v) is 17.5. The van der Waals surface area contributed by atoms with E-state index in [9.17, 15) is 4.79 Å². The topological polar surface area (TPSA) is 29.4 Å². The van der Waals surface area contributed by atoms with Crippen LogP contribution in [0.2, 0.25) is 0 Å². The Kier molecular flexibility index (Phi) is 22.4. The molecule has 0 saturated heterocycles. The highest BCUT2D eigenvalue weighted by Gasteiger charge is 2.37. The highest BCUT2D eigenvalue weighted by atomic mass is 16.1. The lowest BCUT2D eigenvalue weighted by atomic mass is 9.68. The first-order valence-corrected chi connectivity index (χ1v) is 22.8. The van der Waals surface area contributed by atoms with Gasteiger partial charge in [0.05, 0.1) is 0 Å². The van der Waals surface area contributed by atoms with Crippen molar-refractivity contribution < 1.29 is 4.79 Å². The van der Waals surface area contributed by atoms with E-state index in [0.29, 0.717) is 41.3 Å². The summed E-state index contributed by atoms with van der Waals surface area (Å²) in [5.74, 6) is 4.56. The molecule has 4 rings (SSSR count). The van der Waals surface area contributed by atoms with Gasteiger partial charge in [-0.15, -0.1) is 0 Å². The number of hydrogen-bond acceptors (Lipinski definition) is 2. The lowest BCUT2D eigenvalue weighted by Crippen LogP contribution is -2.36. The molecular weight excluding hydrogens is 619 g/mol. The Morgan fingerprint density at radius 2 is 1.12 bits per heavy atom. The molecule has 2 heteroatoms. The minimum Gasteiger partial charge on any atom is -0.299 e. The summed E-state index contributed by atoms with van der Waals surface area (Å²) in [6.07, 6.45) is 38.3. The number of ketones is 1. The summed E-state index contributed by atoms with van der Waals surface area (Å²) in [4.78, 5) is 18.5. The molecule has 0 amide bonds. The smallest absolute Gasteiger partial charge is 0.139 e. The van der Waals surface area contributed by atoms with Gasteiger partial charge in [-0.05, 0) is 118 Å². The van der Waals surface area contributed by atoms with Crippen molar-refractivity contribution in [1.82, 2.24) is 0 Å². The number of hydrogen-bond donors (Lipinski definition) is 0. The molecule has 2 aliphatic carbocycles. The molecule has 1 heterocycles. The summed E-state index contributed by atoms with van der Waals surface area (Å²) < 4.78 is 0. The third kappa shape index (κ3) is 16.1. The number of allylic oxidation sites excluding steroid dienone is 1. The van der Waals surface area contributed by atoms with Crippen LogP contribution in [-0.2, 0) is 17.6 Å². The molecule has 2 unspecified atom stereocenters. The Balaban J connectivity index is 0.00000226. The van der Waals surface area contributed by atoms with Gasteiger partial charge < -0.3 is 0 Å². The van der Waals surface area contributed by atoms with Crippen LogP contribution in [0.3, 0.4) is 0 Å². The molecule has 2 nitrogen and oxygen atoms in total. The molecule has 2 fully saturated rings. The van der Waals surface area contributed by atoms with E-state index in [-0.39, 0.29) is 0 Å². The van der Waals surface area contributed by atoms with E-state index in [1.807, 2.05) is 0 Å². The Hall–Kier alpha value is -1.70. The molecule has 2 atom stereocenters. The first-order chi connectivity index (χ1) is 24.9. The van der Waals surface area contributed by atoms with Crippen molar-refractivity contribution >= 4 is 11.5 Å². The Morgan fingerprint density at radius 1 is 0.647 bits per heavy atom. The van der Waals surface area contributed by atoms with E-state index >= 15 is 0 Å². The molecule has 0 bridgehead atoms. The lowest BCUT2D eigenvalue weighted by molar-refractivity contribution is -0.129. The van der Waals surface area contributed by atoms with Crippen molar-refractivity contribution in [2.75, 3.05) is 0 Å². The van der Waals surface area contributed by atoms with E-state index in [1.54, 1.807) is 0 Å². The molecule has 1 aromatic rings. The maximum Gasteiger partial charge on any atom is 0.139 e. The van der Waals surface area contributed by atoms with Gasteiger partial charge in [0.15, 0.2) is 0 Å². The van der Waals surface area contributed by atoms with Crippen LogP contribution >= 0.6 is 0 Å². The van der Waals surface area contributed by atoms with Crippen LogP contribution in [0.1, 0.15) is 207 Å². The van der Waals surface area contributed by atoms with E-state index in [1.165, 1.54) is 158 Å². The van der Waals surface area contributed by atoms with E-state index in [2.05, 4.69) is 78.1 Å². The third-order valence-electron chi connectivity index (χ3n) is 12.8. The zero-order chi connectivity index (χ0) is 36.7. The van der Waals surface area contributed by atoms with Crippen LogP contribution < -0.4 is 0 Å². The molecule has 1 aromatic carbocycles. The monoisotopic (exact) mass is 702 g/mol. The van der Waals surface area contributed by atoms with Crippen LogP contribution in [0.15, 0.2) is 41.5 Å². The number of aryl methyl sites for hydroxylation is 2. The van der Waals surface area contributed by atoms with Crippen molar-refractivity contribution in [2.45, 2.75) is 208 Å². The number of aliphatic imine (C=N–C) groups is 1. The molecule has 2 saturated carbocycles. The Morgan fingerprint density at radius 3 is 1.61 bits per heavy atom. The van der Waals surface area contributed by atoms with Crippen LogP contribution in [0.5, 0.6) is 0 Å². The predicted octanol–water partition coefficient (Wildman–Crippen LogP) is 15.1. The van der Waals surface area contributed by atoms with Crippen molar-refractivity contribution in [2.24, 2.45) is 46.4 Å². The van der Waals surface area contributed by atoms with Gasteiger partial charge >= 0.3 is 0 Å². The second kappa shape index (κ2) is 26.1. The summed E-state index contributed by atoms with van der Waals surface area (Å²) in [5, 5.41) is 0. The van der Waals surface area contributed by atoms with Gasteiger partial charge in [-0.1, -0.05) is 155 Å². The maximum absolute atomic E-state index is 13.6. The standard InChI is InChI=1S/C46H75NO.C3H8/c1-5-7-8-9-10-11-12-13-14-15-16-17-19-37-22-24-38(25-23-37)20-18-21-39-26-28-41(29-27-39)46(48)42-32-30-40(31-33-42)45-43(6-2)44(36(3)4)34-35-47-45;1-3-2/h22-25,34-36,39-44H,5-21,26-33H2,1-4H3;3H2,1-2H3. The summed E-state index contributed by atoms with van der Waals surface area (Å²) in [5.41, 5.74) is 4.48. The molecule has 51 heavy (non-hydrogen) atoms. The predicted molar refractivity (Wildman–Crippen MR) is 225 cm³/mol. The molecule has 290 valence electrons. The van der Waals surface area contributed by atoms with Crippen LogP contribution in [0.4, 0.5) is 0 Å². The van der Waals surface area contributed by atoms with Crippen LogP contribution in [0.25, 0.3) is 0 Å². The van der Waals surface area contributed by atoms with Crippen LogP contribution in [-0.4, -0.2) is 11.5 Å². The zero-order valence-electron chi connectivity index (χ0n) is 34.7. The fourth-order valence-electron chi connectivity index (χ4n) is 9.61. The number of benzene rings is 1. The molecule has 1 aliphatic heterocycles. The highest BCUT2D eigenvalue weighted by molar-refractivity contribution is 5.91. The molecule has 0 spiro atoms. The summed E-state index contributed by atoms with van der Waals surface area (Å²) >= 11 is 0. The van der Waals surface area contributed by atoms with Crippen molar-refractivity contribution in [3.05, 3.63) is 47.7 Å². The first-order valence-electron chi connectivity index (χ1n) is 22.8. The Labute approximate surface area is 317 Å². The van der Waals surface area contributed by atoms with Gasteiger partial charge in [0.25, 0.3) is 0 Å². The fourth-order valence-corrected chi connectivity index (χ4v) is 9.61. The lowest BCUT2D eigenvalue weighted by Gasteiger charge is -2.38. The quantitative estimate of drug-likeness (QED) is 0.111. The van der Waals surface area contributed by atoms with Crippen LogP contribution in [0, 0.1) is 41.4 Å². The number of rotatable bonds is 22. The van der Waals surface area contributed by atoms with Crippen molar-refractivity contribution in [3.63, 3.8) is 0 Å². The highest BCUT2D eigenvalue weighted by Crippen LogP contribution is 2.41. The van der Waals surface area contributed by atoms with E-state index in [0.717, 1.165) is 31.6 Å². The third-order valence-corrected chi connectivity index (χ3v) is 12.8. The SMILES string of the molecule is CCC.CCCCCCCCCCCCCCc1ccc(CCCC2CCC(C(=O)C3CCC(C4=NC=CC(C(C)C)C4CC)CC3)CC2)cc1. The van der Waals surface area contributed by atoms with Gasteiger partial charge in [-0.25, -0.2) is 0 Å². The average molecular weight is 702 g/mol. The normalized spacial score (nSPS) is 25.0. The van der Waals surface area contributed by atoms with E-state index in [4.69, 9.17) is 4.99 Å². The second-order valence-electron chi connectivity index (χ2n) is 17.5. The summed E-state index contributed by atoms with van der Waals surface area (Å²) in [7, 11) is 0. The zero-order valence-corrected chi connectivity index (χ0v) is 34.7. The largest absolute Gasteiger partial charge is 0.299 e. The van der Waals surface area contributed by atoms with Gasteiger partial charge in [0.2, 0.25) is 0 Å².